The van der Waals surface area contributed by atoms with Gasteiger partial charge in [-0.05, 0) is 47.7 Å². The minimum Gasteiger partial charge on any atom is -0.463 e. The van der Waals surface area contributed by atoms with Crippen molar-refractivity contribution in [3.05, 3.63) is 39.9 Å². The van der Waals surface area contributed by atoms with Crippen LogP contribution in [-0.2, 0) is 0 Å². The summed E-state index contributed by atoms with van der Waals surface area (Å²) in [6, 6.07) is 5.73. The van der Waals surface area contributed by atoms with Crippen LogP contribution in [0.5, 0.6) is 0 Å². The number of hydrogen-bond donors (Lipinski definition) is 0. The average Bonchev–Trinajstić information content (AvgIpc) is 2.88. The van der Waals surface area contributed by atoms with Crippen molar-refractivity contribution < 1.29 is 4.42 Å². The number of fused-ring (bicyclic) bond motifs is 1. The van der Waals surface area contributed by atoms with Gasteiger partial charge < -0.3 is 4.42 Å². The molecular formula is C11H8IN3O. The van der Waals surface area contributed by atoms with Gasteiger partial charge in [0.05, 0.1) is 16.0 Å². The van der Waals surface area contributed by atoms with Crippen molar-refractivity contribution in [2.45, 2.75) is 6.92 Å². The molecule has 3 rings (SSSR count). The molecule has 0 amide bonds. The van der Waals surface area contributed by atoms with Crippen LogP contribution in [0.3, 0.4) is 0 Å². The Hall–Kier alpha value is -1.37. The van der Waals surface area contributed by atoms with Gasteiger partial charge in [0.25, 0.3) is 0 Å². The first-order valence-electron chi connectivity index (χ1n) is 4.80. The van der Waals surface area contributed by atoms with Crippen LogP contribution in [-0.4, -0.2) is 14.6 Å². The van der Waals surface area contributed by atoms with Gasteiger partial charge in [-0.25, -0.2) is 9.50 Å². The van der Waals surface area contributed by atoms with Gasteiger partial charge in [0, 0.05) is 5.69 Å². The summed E-state index contributed by atoms with van der Waals surface area (Å²) in [5.74, 6) is 0.780. The van der Waals surface area contributed by atoms with Crippen molar-refractivity contribution in [1.29, 1.82) is 0 Å². The third-order valence-corrected chi connectivity index (χ3v) is 3.14. The molecule has 80 valence electrons. The molecule has 0 unspecified atom stereocenters. The van der Waals surface area contributed by atoms with E-state index in [4.69, 9.17) is 4.42 Å². The minimum atomic E-state index is 0.780. The summed E-state index contributed by atoms with van der Waals surface area (Å²) in [6.07, 6.45) is 3.46. The average molecular weight is 325 g/mol. The Kier molecular flexibility index (Phi) is 2.20. The van der Waals surface area contributed by atoms with Crippen molar-refractivity contribution in [3.63, 3.8) is 0 Å². The number of hydrogen-bond acceptors (Lipinski definition) is 3. The summed E-state index contributed by atoms with van der Waals surface area (Å²) < 4.78 is 8.21. The molecule has 16 heavy (non-hydrogen) atoms. The molecule has 0 saturated carbocycles. The summed E-state index contributed by atoms with van der Waals surface area (Å²) in [5.41, 5.74) is 2.75. The summed E-state index contributed by atoms with van der Waals surface area (Å²) in [7, 11) is 0. The molecule has 0 aromatic carbocycles. The summed E-state index contributed by atoms with van der Waals surface area (Å²) >= 11 is 2.23. The van der Waals surface area contributed by atoms with Crippen molar-refractivity contribution >= 4 is 28.2 Å². The number of rotatable bonds is 1. The molecule has 5 heteroatoms. The van der Waals surface area contributed by atoms with E-state index < -0.39 is 0 Å². The van der Waals surface area contributed by atoms with E-state index in [1.54, 1.807) is 6.26 Å². The fourth-order valence-electron chi connectivity index (χ4n) is 1.64. The quantitative estimate of drug-likeness (QED) is 0.646. The lowest BCUT2D eigenvalue weighted by Gasteiger charge is -2.02. The van der Waals surface area contributed by atoms with E-state index in [0.29, 0.717) is 0 Å². The first-order valence-corrected chi connectivity index (χ1v) is 5.88. The number of halogens is 1. The van der Waals surface area contributed by atoms with Crippen molar-refractivity contribution in [3.8, 4) is 11.5 Å². The largest absolute Gasteiger partial charge is 0.463 e. The molecule has 0 radical (unpaired) electrons. The zero-order chi connectivity index (χ0) is 11.1. The van der Waals surface area contributed by atoms with Crippen LogP contribution >= 0.6 is 22.6 Å². The molecule has 0 spiro atoms. The van der Waals surface area contributed by atoms with Crippen LogP contribution in [0.2, 0.25) is 0 Å². The predicted octanol–water partition coefficient (Wildman–Crippen LogP) is 2.90. The van der Waals surface area contributed by atoms with Crippen LogP contribution in [0.25, 0.3) is 17.1 Å². The van der Waals surface area contributed by atoms with Gasteiger partial charge in [0.15, 0.2) is 11.4 Å². The van der Waals surface area contributed by atoms with Gasteiger partial charge in [-0.3, -0.25) is 0 Å². The van der Waals surface area contributed by atoms with Gasteiger partial charge in [-0.1, -0.05) is 0 Å². The van der Waals surface area contributed by atoms with E-state index >= 15 is 0 Å². The van der Waals surface area contributed by atoms with Gasteiger partial charge in [0.1, 0.15) is 5.69 Å². The second-order valence-corrected chi connectivity index (χ2v) is 4.65. The minimum absolute atomic E-state index is 0.780. The molecule has 0 aliphatic carbocycles. The molecule has 3 aromatic rings. The lowest BCUT2D eigenvalue weighted by molar-refractivity contribution is 0.580. The number of furan rings is 1. The summed E-state index contributed by atoms with van der Waals surface area (Å²) in [4.78, 5) is 4.54. The van der Waals surface area contributed by atoms with E-state index in [9.17, 15) is 0 Å². The van der Waals surface area contributed by atoms with Gasteiger partial charge in [-0.2, -0.15) is 5.10 Å². The van der Waals surface area contributed by atoms with E-state index in [0.717, 1.165) is 26.4 Å². The van der Waals surface area contributed by atoms with Gasteiger partial charge in [0.2, 0.25) is 0 Å². The van der Waals surface area contributed by atoms with Gasteiger partial charge >= 0.3 is 0 Å². The van der Waals surface area contributed by atoms with E-state index in [1.807, 2.05) is 35.8 Å². The summed E-state index contributed by atoms with van der Waals surface area (Å²) in [6.45, 7) is 2.00. The topological polar surface area (TPSA) is 43.3 Å². The molecule has 3 aromatic heterocycles. The maximum Gasteiger partial charge on any atom is 0.169 e. The van der Waals surface area contributed by atoms with Crippen molar-refractivity contribution in [2.24, 2.45) is 0 Å². The molecule has 0 fully saturated rings. The number of aromatic nitrogens is 3. The van der Waals surface area contributed by atoms with Gasteiger partial charge in [-0.15, -0.1) is 0 Å². The Balaban J connectivity index is 2.32. The molecule has 3 heterocycles. The Morgan fingerprint density at radius 1 is 1.44 bits per heavy atom. The fraction of sp³-hybridized carbons (Fsp3) is 0.0909. The highest BCUT2D eigenvalue weighted by molar-refractivity contribution is 14.1. The Labute approximate surface area is 105 Å². The monoisotopic (exact) mass is 325 g/mol. The number of aryl methyl sites for hydroxylation is 1. The first kappa shape index (κ1) is 9.83. The Morgan fingerprint density at radius 3 is 3.06 bits per heavy atom. The van der Waals surface area contributed by atoms with E-state index in [-0.39, 0.29) is 0 Å². The maximum absolute atomic E-state index is 5.35. The molecule has 0 aliphatic heterocycles. The standard InChI is InChI=1S/C11H8IN3O/c1-7-5-9(10-3-2-4-16-10)14-11-8(12)6-13-15(7)11/h2-6H,1H3. The smallest absolute Gasteiger partial charge is 0.169 e. The molecular weight excluding hydrogens is 317 g/mol. The second-order valence-electron chi connectivity index (χ2n) is 3.49. The van der Waals surface area contributed by atoms with Crippen LogP contribution in [0.1, 0.15) is 5.69 Å². The summed E-state index contributed by atoms with van der Waals surface area (Å²) in [5, 5.41) is 4.26. The lowest BCUT2D eigenvalue weighted by atomic mass is 10.3. The molecule has 0 N–H and O–H groups in total. The lowest BCUT2D eigenvalue weighted by Crippen LogP contribution is -1.97. The SMILES string of the molecule is Cc1cc(-c2ccco2)nc2c(I)cnn12. The van der Waals surface area contributed by atoms with Crippen LogP contribution in [0.15, 0.2) is 35.1 Å². The second kappa shape index (κ2) is 3.58. The van der Waals surface area contributed by atoms with Crippen molar-refractivity contribution in [1.82, 2.24) is 14.6 Å². The van der Waals surface area contributed by atoms with Crippen molar-refractivity contribution in [2.75, 3.05) is 0 Å². The third kappa shape index (κ3) is 1.42. The molecule has 0 bridgehead atoms. The first-order chi connectivity index (χ1) is 7.75. The Bertz CT molecular complexity index is 643. The molecule has 0 saturated heterocycles. The molecule has 0 atom stereocenters. The normalized spacial score (nSPS) is 11.1. The fourth-order valence-corrected chi connectivity index (χ4v) is 2.11. The predicted molar refractivity (Wildman–Crippen MR) is 68.1 cm³/mol. The Morgan fingerprint density at radius 2 is 2.31 bits per heavy atom. The van der Waals surface area contributed by atoms with Crippen LogP contribution in [0.4, 0.5) is 0 Å². The van der Waals surface area contributed by atoms with Crippen LogP contribution < -0.4 is 0 Å². The van der Waals surface area contributed by atoms with E-state index in [1.165, 1.54) is 0 Å². The molecule has 4 nitrogen and oxygen atoms in total. The number of nitrogens with zero attached hydrogens (tertiary/aromatic N) is 3. The highest BCUT2D eigenvalue weighted by Crippen LogP contribution is 2.21. The van der Waals surface area contributed by atoms with E-state index in [2.05, 4.69) is 32.7 Å². The zero-order valence-corrected chi connectivity index (χ0v) is 10.7. The van der Waals surface area contributed by atoms with Crippen LogP contribution in [0, 0.1) is 10.5 Å². The zero-order valence-electron chi connectivity index (χ0n) is 8.51. The highest BCUT2D eigenvalue weighted by atomic mass is 127. The molecule has 0 aliphatic rings. The highest BCUT2D eigenvalue weighted by Gasteiger charge is 2.09. The third-order valence-electron chi connectivity index (χ3n) is 2.38. The maximum atomic E-state index is 5.35.